The Labute approximate surface area is 545 Å². The maximum Gasteiger partial charge on any atom is 0.0512 e. The molecule has 0 saturated heterocycles. The van der Waals surface area contributed by atoms with Gasteiger partial charge in [-0.15, -0.1) is 0 Å². The van der Waals surface area contributed by atoms with Crippen LogP contribution >= 0.6 is 0 Å². The number of aliphatic carboxylic acids is 4. The van der Waals surface area contributed by atoms with Crippen LogP contribution in [-0.4, -0.2) is 96.0 Å². The molecule has 508 valence electrons. The largest absolute Gasteiger partial charge is 0.550 e. The second kappa shape index (κ2) is 80.7. The first kappa shape index (κ1) is 92.4. The zero-order chi connectivity index (χ0) is 63.0. The molecule has 0 heterocycles. The van der Waals surface area contributed by atoms with Gasteiger partial charge in [-0.3, -0.25) is 0 Å². The zero-order valence-corrected chi connectivity index (χ0v) is 60.2. The van der Waals surface area contributed by atoms with E-state index in [9.17, 15) is 39.6 Å². The van der Waals surface area contributed by atoms with Crippen LogP contribution in [0.3, 0.4) is 0 Å². The minimum Gasteiger partial charge on any atom is -0.550 e. The van der Waals surface area contributed by atoms with Crippen LogP contribution in [0.15, 0.2) is 0 Å². The molecule has 13 heteroatoms. The number of hydrogen-bond donors (Lipinski definition) is 4. The third-order valence-electron chi connectivity index (χ3n) is 16.0. The summed E-state index contributed by atoms with van der Waals surface area (Å²) in [4.78, 5) is 40.9. The van der Waals surface area contributed by atoms with E-state index in [1.54, 1.807) is 0 Å². The Bertz CT molecular complexity index is 1110. The van der Waals surface area contributed by atoms with Crippen molar-refractivity contribution in [2.24, 2.45) is 0 Å². The minimum atomic E-state index is -0.916. The number of carboxylic acids is 4. The van der Waals surface area contributed by atoms with Crippen molar-refractivity contribution in [3.63, 3.8) is 0 Å². The van der Waals surface area contributed by atoms with E-state index >= 15 is 0 Å². The number of aliphatic hydroxyl groups is 4. The first-order valence-corrected chi connectivity index (χ1v) is 36.0. The minimum absolute atomic E-state index is 0. The summed E-state index contributed by atoms with van der Waals surface area (Å²) < 4.78 is 0. The molecule has 0 aliphatic heterocycles. The Morgan fingerprint density at radius 3 is 0.365 bits per heavy atom. The summed E-state index contributed by atoms with van der Waals surface area (Å²) >= 11 is 0. The summed E-state index contributed by atoms with van der Waals surface area (Å²) in [7, 11) is 0. The topological polar surface area (TPSA) is 241 Å². The average Bonchev–Trinajstić information content (AvgIpc) is 3.42. The second-order valence-corrected chi connectivity index (χ2v) is 25.4. The Kier molecular flexibility index (Phi) is 87.6. The van der Waals surface area contributed by atoms with Crippen LogP contribution in [0.25, 0.3) is 0 Å². The van der Waals surface area contributed by atoms with E-state index in [1.807, 2.05) is 27.7 Å². The molecule has 4 atom stereocenters. The Morgan fingerprint density at radius 1 is 0.200 bits per heavy atom. The van der Waals surface area contributed by atoms with Gasteiger partial charge in [-0.1, -0.05) is 308 Å². The molecule has 4 N–H and O–H groups in total. The molecule has 0 rings (SSSR count). The van der Waals surface area contributed by atoms with Gasteiger partial charge in [0, 0.05) is 51.2 Å². The number of unbranched alkanes of at least 4 members (excludes halogenated alkanes) is 48. The average molecular weight is 1410 g/mol. The molecule has 12 nitrogen and oxygen atoms in total. The molecule has 0 fully saturated rings. The first-order chi connectivity index (χ1) is 40.5. The third kappa shape index (κ3) is 108. The second-order valence-electron chi connectivity index (χ2n) is 25.4. The molecule has 85 heavy (non-hydrogen) atoms. The van der Waals surface area contributed by atoms with E-state index in [0.717, 1.165) is 128 Å². The number of hydrogen-bond acceptors (Lipinski definition) is 12. The van der Waals surface area contributed by atoms with Crippen molar-refractivity contribution in [1.29, 1.82) is 0 Å². The molecule has 0 spiro atoms. The van der Waals surface area contributed by atoms with Crippen LogP contribution in [0.1, 0.15) is 413 Å². The van der Waals surface area contributed by atoms with Gasteiger partial charge >= 0.3 is 0 Å². The summed E-state index contributed by atoms with van der Waals surface area (Å²) in [6.07, 6.45) is 67.8. The summed E-state index contributed by atoms with van der Waals surface area (Å²) in [5, 5.41) is 77.5. The van der Waals surface area contributed by atoms with Gasteiger partial charge in [-0.25, -0.2) is 0 Å². The van der Waals surface area contributed by atoms with E-state index in [0.29, 0.717) is 0 Å². The predicted molar refractivity (Wildman–Crippen MR) is 350 cm³/mol. The van der Waals surface area contributed by atoms with E-state index in [1.165, 1.54) is 231 Å². The van der Waals surface area contributed by atoms with Gasteiger partial charge in [0.15, 0.2) is 0 Å². The normalized spacial score (nSPS) is 12.3. The first-order valence-electron chi connectivity index (χ1n) is 36.0. The van der Waals surface area contributed by atoms with Crippen LogP contribution in [0.2, 0.25) is 0 Å². The van der Waals surface area contributed by atoms with Crippen molar-refractivity contribution in [2.45, 2.75) is 437 Å². The molecule has 0 amide bonds. The molecule has 0 aromatic carbocycles. The molecule has 0 aliphatic carbocycles. The molecule has 4 unspecified atom stereocenters. The smallest absolute Gasteiger partial charge is 0.0512 e. The molecular weight excluding hydrogens is 1260 g/mol. The van der Waals surface area contributed by atoms with E-state index < -0.39 is 23.9 Å². The molecule has 0 bridgehead atoms. The van der Waals surface area contributed by atoms with Gasteiger partial charge in [0.25, 0.3) is 0 Å². The maximum atomic E-state index is 10.2. The maximum absolute atomic E-state index is 10.2. The summed E-state index contributed by atoms with van der Waals surface area (Å²) in [6.45, 7) is 7.46. The van der Waals surface area contributed by atoms with Gasteiger partial charge in [-0.2, -0.15) is 0 Å². The third-order valence-corrected chi connectivity index (χ3v) is 16.0. The van der Waals surface area contributed by atoms with Crippen LogP contribution in [-0.2, 0) is 19.2 Å². The van der Waals surface area contributed by atoms with Gasteiger partial charge in [0.1, 0.15) is 0 Å². The van der Waals surface area contributed by atoms with Crippen molar-refractivity contribution in [2.75, 3.05) is 0 Å². The van der Waals surface area contributed by atoms with Crippen LogP contribution in [0.4, 0.5) is 0 Å². The van der Waals surface area contributed by atoms with Gasteiger partial charge in [0.2, 0.25) is 0 Å². The van der Waals surface area contributed by atoms with Crippen molar-refractivity contribution in [3.8, 4) is 0 Å². The number of aliphatic hydroxyl groups excluding tert-OH is 4. The number of carbonyl (C=O) groups is 4. The fraction of sp³-hybridized carbons (Fsp3) is 0.944. The molecule has 0 saturated carbocycles. The number of carboxylic acid groups (broad SMARTS) is 4. The Hall–Kier alpha value is -1.36. The quantitative estimate of drug-likeness (QED) is 0.0328. The molecule has 4 radical (unpaired) electrons. The summed E-state index contributed by atoms with van der Waals surface area (Å²) in [6, 6.07) is 0. The van der Waals surface area contributed by atoms with Crippen molar-refractivity contribution in [3.05, 3.63) is 0 Å². The van der Waals surface area contributed by atoms with Gasteiger partial charge < -0.3 is 60.0 Å². The molecular formula is C72H140O12Pb-4. The fourth-order valence-electron chi connectivity index (χ4n) is 10.6. The predicted octanol–water partition coefficient (Wildman–Crippen LogP) is 15.5. The number of carbonyl (C=O) groups excluding carboxylic acids is 4. The van der Waals surface area contributed by atoms with Crippen LogP contribution in [0.5, 0.6) is 0 Å². The van der Waals surface area contributed by atoms with E-state index in [4.69, 9.17) is 20.4 Å². The molecule has 0 aromatic heterocycles. The summed E-state index contributed by atoms with van der Waals surface area (Å²) in [5.41, 5.74) is 0. The van der Waals surface area contributed by atoms with Crippen LogP contribution in [0, 0.1) is 0 Å². The Balaban J connectivity index is -0.000000333. The van der Waals surface area contributed by atoms with Gasteiger partial charge in [-0.05, 0) is 105 Å². The van der Waals surface area contributed by atoms with Crippen molar-refractivity contribution in [1.82, 2.24) is 0 Å². The Morgan fingerprint density at radius 2 is 0.282 bits per heavy atom. The number of rotatable bonds is 64. The molecule has 0 aliphatic rings. The van der Waals surface area contributed by atoms with E-state index in [2.05, 4.69) is 0 Å². The SMILES string of the molecule is CC(O)CCCCCCCCCCCCCCCC(=O)[O-].CC(O)CCCCCCCCCCCCCCCC(=O)[O-].CC(O)CCCCCCCCCCCCCCCC(=O)[O-].CC(O)CCCCCCCCCCCCCCCC(=O)[O-].[Pb]. The fourth-order valence-corrected chi connectivity index (χ4v) is 10.6. The zero-order valence-electron chi connectivity index (χ0n) is 56.3. The van der Waals surface area contributed by atoms with Crippen molar-refractivity contribution >= 4 is 51.2 Å². The van der Waals surface area contributed by atoms with Crippen molar-refractivity contribution < 1.29 is 60.0 Å². The molecule has 0 aromatic rings. The van der Waals surface area contributed by atoms with Crippen LogP contribution < -0.4 is 20.4 Å². The van der Waals surface area contributed by atoms with E-state index in [-0.39, 0.29) is 77.4 Å². The van der Waals surface area contributed by atoms with Gasteiger partial charge in [0.05, 0.1) is 24.4 Å². The summed E-state index contributed by atoms with van der Waals surface area (Å²) in [5.74, 6) is -3.66. The monoisotopic (exact) mass is 1410 g/mol. The standard InChI is InChI=1S/4C18H36O3.Pb/c4*1-17(19)15-13-11-9-7-5-3-2-4-6-8-10-12-14-16-18(20)21;/h4*17,19H,2-16H2,1H3,(H,20,21);/p-4.